The highest BCUT2D eigenvalue weighted by atomic mass is 32.1. The van der Waals surface area contributed by atoms with Crippen molar-refractivity contribution in [3.05, 3.63) is 141 Å². The summed E-state index contributed by atoms with van der Waals surface area (Å²) in [7, 11) is -5.86. The van der Waals surface area contributed by atoms with Gasteiger partial charge in [-0.25, -0.2) is 0 Å². The quantitative estimate of drug-likeness (QED) is 0.0302. The zero-order chi connectivity index (χ0) is 56.2. The van der Waals surface area contributed by atoms with Crippen LogP contribution in [0.3, 0.4) is 0 Å². The minimum absolute atomic E-state index is 0.0515. The van der Waals surface area contributed by atoms with Crippen molar-refractivity contribution in [2.24, 2.45) is 0 Å². The van der Waals surface area contributed by atoms with Gasteiger partial charge in [-0.05, 0) is 82.6 Å². The van der Waals surface area contributed by atoms with E-state index in [9.17, 15) is 47.1 Å². The Bertz CT molecular complexity index is 3240. The Morgan fingerprint density at radius 1 is 0.924 bits per heavy atom. The Morgan fingerprint density at radius 3 is 2.41 bits per heavy atom. The van der Waals surface area contributed by atoms with Gasteiger partial charge in [0.2, 0.25) is 23.6 Å². The molecule has 6 amide bonds. The highest BCUT2D eigenvalue weighted by molar-refractivity contribution is 7.52. The van der Waals surface area contributed by atoms with Gasteiger partial charge in [0.1, 0.15) is 24.2 Å². The number of piperidine rings is 1. The number of rotatable bonds is 17. The van der Waals surface area contributed by atoms with E-state index in [1.165, 1.54) is 21.9 Å². The van der Waals surface area contributed by atoms with Crippen molar-refractivity contribution in [3.63, 3.8) is 0 Å². The lowest BCUT2D eigenvalue weighted by Crippen LogP contribution is -2.56. The third-order valence-electron chi connectivity index (χ3n) is 15.1. The standard InChI is InChI=1S/C59H64F2N5O11PS/c1-58(2,3)41-21-19-37(20-22-41)30-46(62-54(69)51-32-40-31-42(23-25-50(40)79-51)59(60,61)78(73,74)75)56(71)65-34-43(33-48(65)57(72)64-27-29-77-49(36-64)39-15-10-8-11-16-39)76-28-12-7-5-4-6-9-14-38-17-13-18-44-45(38)35-66(55(44)70)47-24-26-52(67)63-53(47)68/h8,10-11,13,15-23,25,31-32,43,46-49H,4-7,12,24,26-30,33-36H2,1-3H3,(H,62,69)(H,63,67,68)(H2,73,74,75)/t43-,46-,47?,48-,49-/m0/s1. The third kappa shape index (κ3) is 13.0. The van der Waals surface area contributed by atoms with Crippen LogP contribution in [-0.2, 0) is 57.3 Å². The molecule has 4 aliphatic rings. The lowest BCUT2D eigenvalue weighted by atomic mass is 9.86. The average Bonchev–Trinajstić information content (AvgIpc) is 4.15. The molecule has 9 rings (SSSR count). The lowest BCUT2D eigenvalue weighted by molar-refractivity contribution is -0.149. The number of nitrogens with one attached hydrogen (secondary N) is 2. The van der Waals surface area contributed by atoms with Crippen LogP contribution in [0.15, 0.2) is 97.1 Å². The summed E-state index contributed by atoms with van der Waals surface area (Å²) in [6.45, 7) is 7.80. The van der Waals surface area contributed by atoms with E-state index in [1.54, 1.807) is 17.0 Å². The van der Waals surface area contributed by atoms with Gasteiger partial charge in [-0.3, -0.25) is 38.6 Å². The number of morpholine rings is 1. The monoisotopic (exact) mass is 1120 g/mol. The van der Waals surface area contributed by atoms with Gasteiger partial charge in [0, 0.05) is 73.3 Å². The SMILES string of the molecule is CC(C)(C)c1ccc(C[C@H](NC(=O)c2cc3cc(C(F)(F)P(=O)(O)O)ccc3s2)C(=O)N2C[C@@H](OCCCCCCC#Cc3cccc4c3CN(C3CCC(=O)NC3=O)C4=O)C[C@H]2C(=O)N2CCO[C@H](c3ccccc3)C2)cc1. The molecule has 79 heavy (non-hydrogen) atoms. The molecule has 1 aromatic heterocycles. The van der Waals surface area contributed by atoms with Crippen molar-refractivity contribution in [2.75, 3.05) is 32.8 Å². The molecule has 0 spiro atoms. The highest BCUT2D eigenvalue weighted by Crippen LogP contribution is 2.59. The van der Waals surface area contributed by atoms with E-state index in [4.69, 9.17) is 9.47 Å². The number of fused-ring (bicyclic) bond motifs is 2. The maximum Gasteiger partial charge on any atom is 0.399 e. The summed E-state index contributed by atoms with van der Waals surface area (Å²) >= 11 is 0.973. The van der Waals surface area contributed by atoms with Crippen LogP contribution in [0.5, 0.6) is 0 Å². The molecule has 3 saturated heterocycles. The van der Waals surface area contributed by atoms with E-state index in [0.717, 1.165) is 70.5 Å². The van der Waals surface area contributed by atoms with Crippen molar-refractivity contribution in [1.82, 2.24) is 25.3 Å². The summed E-state index contributed by atoms with van der Waals surface area (Å²) in [5, 5.41) is 5.40. The number of nitrogens with zero attached hydrogens (tertiary/aromatic N) is 3. The van der Waals surface area contributed by atoms with Crippen LogP contribution in [0.2, 0.25) is 0 Å². The topological polar surface area (TPSA) is 212 Å². The Labute approximate surface area is 461 Å². The van der Waals surface area contributed by atoms with Crippen molar-refractivity contribution in [3.8, 4) is 11.8 Å². The number of carbonyl (C=O) groups excluding carboxylic acids is 6. The number of amides is 6. The first-order valence-electron chi connectivity index (χ1n) is 26.7. The van der Waals surface area contributed by atoms with Gasteiger partial charge >= 0.3 is 13.3 Å². The Kier molecular flexibility index (Phi) is 17.3. The highest BCUT2D eigenvalue weighted by Gasteiger charge is 2.51. The molecule has 5 atom stereocenters. The van der Waals surface area contributed by atoms with Crippen molar-refractivity contribution >= 4 is 64.5 Å². The average molecular weight is 1120 g/mol. The maximum atomic E-state index is 15.2. The molecule has 20 heteroatoms. The number of unbranched alkanes of at least 4 members (excludes halogenated alkanes) is 4. The van der Waals surface area contributed by atoms with Gasteiger partial charge in [-0.1, -0.05) is 112 Å². The van der Waals surface area contributed by atoms with E-state index in [1.807, 2.05) is 60.7 Å². The lowest BCUT2D eigenvalue weighted by Gasteiger charge is -2.37. The number of imide groups is 1. The number of ether oxygens (including phenoxy) is 2. The summed E-state index contributed by atoms with van der Waals surface area (Å²) in [5.41, 5.74) is -0.788. The number of benzene rings is 4. The van der Waals surface area contributed by atoms with E-state index in [-0.39, 0.29) is 91.4 Å². The number of alkyl halides is 2. The summed E-state index contributed by atoms with van der Waals surface area (Å²) in [5.74, 6) is 3.97. The van der Waals surface area contributed by atoms with Crippen LogP contribution in [0.25, 0.3) is 10.1 Å². The summed E-state index contributed by atoms with van der Waals surface area (Å²) < 4.78 is 54.1. The van der Waals surface area contributed by atoms with Crippen LogP contribution in [-0.4, -0.2) is 117 Å². The minimum atomic E-state index is -5.86. The summed E-state index contributed by atoms with van der Waals surface area (Å²) in [4.78, 5) is 105. The van der Waals surface area contributed by atoms with Crippen LogP contribution in [0, 0.1) is 11.8 Å². The van der Waals surface area contributed by atoms with E-state index in [2.05, 4.69) is 43.2 Å². The van der Waals surface area contributed by atoms with Crippen LogP contribution in [0.4, 0.5) is 8.78 Å². The third-order valence-corrected chi connectivity index (χ3v) is 17.2. The van der Waals surface area contributed by atoms with Crippen LogP contribution >= 0.6 is 18.9 Å². The molecular formula is C59H64F2N5O11PS. The fourth-order valence-electron chi connectivity index (χ4n) is 10.6. The Morgan fingerprint density at radius 2 is 1.67 bits per heavy atom. The molecule has 4 aromatic carbocycles. The predicted molar refractivity (Wildman–Crippen MR) is 292 cm³/mol. The largest absolute Gasteiger partial charge is 0.399 e. The molecule has 0 radical (unpaired) electrons. The number of carbonyl (C=O) groups is 6. The van der Waals surface area contributed by atoms with E-state index in [0.29, 0.717) is 36.3 Å². The molecule has 416 valence electrons. The van der Waals surface area contributed by atoms with Gasteiger partial charge in [-0.2, -0.15) is 8.78 Å². The van der Waals surface area contributed by atoms with Gasteiger partial charge in [0.15, 0.2) is 0 Å². The fraction of sp³-hybridized carbons (Fsp3) is 0.424. The first-order chi connectivity index (χ1) is 37.7. The van der Waals surface area contributed by atoms with Gasteiger partial charge in [-0.15, -0.1) is 11.3 Å². The van der Waals surface area contributed by atoms with Crippen molar-refractivity contribution < 1.29 is 61.4 Å². The van der Waals surface area contributed by atoms with E-state index < -0.39 is 60.8 Å². The number of hydrogen-bond acceptors (Lipinski definition) is 10. The van der Waals surface area contributed by atoms with Crippen LogP contribution in [0.1, 0.15) is 132 Å². The molecule has 0 aliphatic carbocycles. The summed E-state index contributed by atoms with van der Waals surface area (Å²) in [6.07, 6.45) is 3.67. The first kappa shape index (κ1) is 57.0. The molecule has 0 saturated carbocycles. The van der Waals surface area contributed by atoms with Crippen molar-refractivity contribution in [2.45, 2.75) is 127 Å². The molecule has 4 aliphatic heterocycles. The predicted octanol–water partition coefficient (Wildman–Crippen LogP) is 8.12. The second-order valence-electron chi connectivity index (χ2n) is 21.6. The molecule has 1 unspecified atom stereocenters. The molecule has 5 heterocycles. The normalized spacial score (nSPS) is 20.2. The second-order valence-corrected chi connectivity index (χ2v) is 24.3. The smallest absolute Gasteiger partial charge is 0.376 e. The molecule has 5 aromatic rings. The number of hydrogen-bond donors (Lipinski definition) is 4. The summed E-state index contributed by atoms with van der Waals surface area (Å²) in [6, 6.07) is 24.3. The minimum Gasteiger partial charge on any atom is -0.376 e. The molecule has 0 bridgehead atoms. The fourth-order valence-corrected chi connectivity index (χ4v) is 12.0. The Hall–Kier alpha value is -6.65. The Balaban J connectivity index is 0.873. The van der Waals surface area contributed by atoms with Crippen molar-refractivity contribution in [1.29, 1.82) is 0 Å². The molecular weight excluding hydrogens is 1060 g/mol. The number of thiophene rings is 1. The van der Waals surface area contributed by atoms with Gasteiger partial charge in [0.05, 0.1) is 24.1 Å². The first-order valence-corrected chi connectivity index (χ1v) is 29.1. The van der Waals surface area contributed by atoms with Gasteiger partial charge in [0.25, 0.3) is 11.8 Å². The number of halogens is 2. The van der Waals surface area contributed by atoms with E-state index >= 15 is 4.79 Å². The maximum absolute atomic E-state index is 15.2. The van der Waals surface area contributed by atoms with Crippen LogP contribution < -0.4 is 10.6 Å². The second kappa shape index (κ2) is 24.0. The molecule has 4 N–H and O–H groups in total. The zero-order valence-corrected chi connectivity index (χ0v) is 46.0. The zero-order valence-electron chi connectivity index (χ0n) is 44.3. The van der Waals surface area contributed by atoms with Gasteiger partial charge < -0.3 is 39.3 Å². The molecule has 3 fully saturated rings. The molecule has 16 nitrogen and oxygen atoms in total. The number of likely N-dealkylation sites (tertiary alicyclic amines) is 1.